The SMILES string of the molecule is CCS(=O)(=O)Nc1ccc(C)cc1CNc1nc(-c2cc(F)c(O)cc2C(F)(F)CF)cc2[nH]nc(C(N)=O)c12. The number of H-pyrrole nitrogens is 1. The molecule has 0 bridgehead atoms. The van der Waals surface area contributed by atoms with Gasteiger partial charge in [0.15, 0.2) is 23.9 Å². The van der Waals surface area contributed by atoms with Crippen LogP contribution < -0.4 is 15.8 Å². The number of anilines is 2. The van der Waals surface area contributed by atoms with Crippen molar-refractivity contribution in [3.8, 4) is 17.0 Å². The Kier molecular flexibility index (Phi) is 7.61. The average molecular weight is 581 g/mol. The summed E-state index contributed by atoms with van der Waals surface area (Å²) in [5.41, 5.74) is 5.02. The third-order valence-corrected chi connectivity index (χ3v) is 7.35. The zero-order chi connectivity index (χ0) is 29.4. The topological polar surface area (TPSA) is 163 Å². The van der Waals surface area contributed by atoms with Crippen LogP contribution in [-0.2, 0) is 22.5 Å². The number of aromatic amines is 1. The number of fused-ring (bicyclic) bond motifs is 1. The summed E-state index contributed by atoms with van der Waals surface area (Å²) in [5, 5.41) is 19.1. The van der Waals surface area contributed by atoms with Crippen LogP contribution in [0.1, 0.15) is 34.1 Å². The molecule has 0 saturated carbocycles. The van der Waals surface area contributed by atoms with Gasteiger partial charge >= 0.3 is 5.92 Å². The third-order valence-electron chi connectivity index (χ3n) is 6.06. The molecule has 0 unspecified atom stereocenters. The molecule has 2 aromatic carbocycles. The number of nitrogens with two attached hydrogens (primary N) is 1. The number of aromatic nitrogens is 3. The van der Waals surface area contributed by atoms with Gasteiger partial charge in [-0.05, 0) is 43.7 Å². The Balaban J connectivity index is 1.88. The van der Waals surface area contributed by atoms with Gasteiger partial charge in [-0.1, -0.05) is 17.7 Å². The molecule has 0 aliphatic heterocycles. The molecule has 15 heteroatoms. The molecule has 40 heavy (non-hydrogen) atoms. The summed E-state index contributed by atoms with van der Waals surface area (Å²) in [7, 11) is -3.63. The first-order chi connectivity index (χ1) is 18.8. The molecule has 0 aliphatic rings. The molecule has 212 valence electrons. The first kappa shape index (κ1) is 28.6. The van der Waals surface area contributed by atoms with E-state index < -0.39 is 51.2 Å². The Bertz CT molecular complexity index is 1730. The second kappa shape index (κ2) is 10.6. The van der Waals surface area contributed by atoms with Crippen LogP contribution >= 0.6 is 0 Å². The van der Waals surface area contributed by atoms with Gasteiger partial charge in [-0.15, -0.1) is 0 Å². The van der Waals surface area contributed by atoms with Gasteiger partial charge in [0.25, 0.3) is 5.91 Å². The minimum absolute atomic E-state index is 0.0738. The second-order valence-electron chi connectivity index (χ2n) is 8.92. The van der Waals surface area contributed by atoms with E-state index in [9.17, 15) is 35.9 Å². The van der Waals surface area contributed by atoms with E-state index in [2.05, 4.69) is 25.2 Å². The molecule has 1 amide bonds. The Morgan fingerprint density at radius 1 is 1.20 bits per heavy atom. The molecule has 0 saturated heterocycles. The Hall–Kier alpha value is -4.40. The van der Waals surface area contributed by atoms with Gasteiger partial charge in [-0.3, -0.25) is 14.6 Å². The van der Waals surface area contributed by atoms with Crippen molar-refractivity contribution in [2.45, 2.75) is 26.3 Å². The fraction of sp³-hybridized carbons (Fsp3) is 0.240. The lowest BCUT2D eigenvalue weighted by molar-refractivity contribution is -0.0277. The predicted molar refractivity (Wildman–Crippen MR) is 141 cm³/mol. The van der Waals surface area contributed by atoms with Gasteiger partial charge in [0.1, 0.15) is 5.82 Å². The van der Waals surface area contributed by atoms with Crippen molar-refractivity contribution in [1.29, 1.82) is 0 Å². The highest BCUT2D eigenvalue weighted by atomic mass is 32.2. The number of rotatable bonds is 10. The summed E-state index contributed by atoms with van der Waals surface area (Å²) < 4.78 is 83.4. The summed E-state index contributed by atoms with van der Waals surface area (Å²) >= 11 is 0. The summed E-state index contributed by atoms with van der Waals surface area (Å²) in [5.74, 6) is -7.65. The number of primary amides is 1. The van der Waals surface area contributed by atoms with Crippen LogP contribution in [0.4, 0.5) is 29.1 Å². The average Bonchev–Trinajstić information content (AvgIpc) is 3.34. The molecule has 0 fully saturated rings. The van der Waals surface area contributed by atoms with Crippen molar-refractivity contribution >= 4 is 38.3 Å². The number of carbonyl (C=O) groups excluding carboxylic acids is 1. The van der Waals surface area contributed by atoms with E-state index in [1.54, 1.807) is 25.1 Å². The number of hydrogen-bond donors (Lipinski definition) is 5. The number of pyridine rings is 1. The highest BCUT2D eigenvalue weighted by molar-refractivity contribution is 7.92. The molecule has 2 heterocycles. The predicted octanol–water partition coefficient (Wildman–Crippen LogP) is 4.31. The Morgan fingerprint density at radius 3 is 2.58 bits per heavy atom. The van der Waals surface area contributed by atoms with Crippen LogP contribution in [-0.4, -0.2) is 47.0 Å². The molecule has 4 aromatic rings. The van der Waals surface area contributed by atoms with E-state index in [0.29, 0.717) is 17.7 Å². The van der Waals surface area contributed by atoms with Gasteiger partial charge in [0.05, 0.1) is 28.0 Å². The van der Waals surface area contributed by atoms with Gasteiger partial charge in [-0.2, -0.15) is 13.9 Å². The summed E-state index contributed by atoms with van der Waals surface area (Å²) in [6.45, 7) is 1.05. The molecule has 0 atom stereocenters. The first-order valence-electron chi connectivity index (χ1n) is 11.8. The minimum Gasteiger partial charge on any atom is -0.505 e. The second-order valence-corrected chi connectivity index (χ2v) is 10.9. The maximum atomic E-state index is 14.5. The lowest BCUT2D eigenvalue weighted by atomic mass is 9.97. The summed E-state index contributed by atoms with van der Waals surface area (Å²) in [6, 6.07) is 7.16. The quantitative estimate of drug-likeness (QED) is 0.175. The van der Waals surface area contributed by atoms with Crippen molar-refractivity contribution in [2.75, 3.05) is 22.5 Å². The van der Waals surface area contributed by atoms with Crippen molar-refractivity contribution in [3.05, 3.63) is 64.6 Å². The molecule has 6 N–H and O–H groups in total. The standard InChI is InChI=1S/C25H24F4N6O4S/c1-3-40(38,39)35-17-5-4-12(2)6-13(17)10-31-24-21-19(33-34-22(21)23(30)37)9-18(32-24)14-7-16(27)20(36)8-15(14)25(28,29)11-26/h4-9,35-36H,3,10-11H2,1-2H3,(H2,30,37)(H,31,32)(H,33,34). The number of nitrogens with zero attached hydrogens (tertiary/aromatic N) is 2. The maximum Gasteiger partial charge on any atom is 0.301 e. The lowest BCUT2D eigenvalue weighted by Gasteiger charge is -2.19. The molecule has 0 spiro atoms. The minimum atomic E-state index is -4.09. The summed E-state index contributed by atoms with van der Waals surface area (Å²) in [4.78, 5) is 16.3. The van der Waals surface area contributed by atoms with E-state index >= 15 is 0 Å². The fourth-order valence-electron chi connectivity index (χ4n) is 4.02. The van der Waals surface area contributed by atoms with Crippen LogP contribution in [0.2, 0.25) is 0 Å². The molecule has 4 rings (SSSR count). The van der Waals surface area contributed by atoms with Crippen molar-refractivity contribution in [2.24, 2.45) is 5.73 Å². The monoisotopic (exact) mass is 580 g/mol. The van der Waals surface area contributed by atoms with Gasteiger partial charge in [0.2, 0.25) is 10.0 Å². The van der Waals surface area contributed by atoms with E-state index in [1.807, 2.05) is 0 Å². The van der Waals surface area contributed by atoms with Crippen LogP contribution in [0.25, 0.3) is 22.2 Å². The van der Waals surface area contributed by atoms with Crippen LogP contribution in [0.5, 0.6) is 5.75 Å². The van der Waals surface area contributed by atoms with Crippen molar-refractivity contribution in [3.63, 3.8) is 0 Å². The zero-order valence-corrected chi connectivity index (χ0v) is 22.0. The molecule has 2 aromatic heterocycles. The van der Waals surface area contributed by atoms with Crippen LogP contribution in [0.15, 0.2) is 36.4 Å². The number of carbonyl (C=O) groups is 1. The maximum absolute atomic E-state index is 14.5. The number of aryl methyl sites for hydroxylation is 1. The number of sulfonamides is 1. The Labute approximate surface area is 225 Å². The molecular formula is C25H24F4N6O4S. The number of hydrogen-bond acceptors (Lipinski definition) is 7. The molecule has 0 radical (unpaired) electrons. The number of nitrogens with one attached hydrogen (secondary N) is 3. The number of phenols is 1. The Morgan fingerprint density at radius 2 is 1.93 bits per heavy atom. The van der Waals surface area contributed by atoms with E-state index in [-0.39, 0.29) is 46.1 Å². The number of benzene rings is 2. The number of phenolic OH excluding ortho intramolecular Hbond substituents is 1. The third kappa shape index (κ3) is 5.64. The van der Waals surface area contributed by atoms with Crippen molar-refractivity contribution < 1.29 is 35.9 Å². The highest BCUT2D eigenvalue weighted by Gasteiger charge is 2.36. The largest absolute Gasteiger partial charge is 0.505 e. The van der Waals surface area contributed by atoms with Crippen LogP contribution in [0.3, 0.4) is 0 Å². The van der Waals surface area contributed by atoms with E-state index in [1.165, 1.54) is 13.0 Å². The zero-order valence-electron chi connectivity index (χ0n) is 21.1. The van der Waals surface area contributed by atoms with Crippen molar-refractivity contribution in [1.82, 2.24) is 15.2 Å². The molecule has 10 nitrogen and oxygen atoms in total. The number of amides is 1. The number of alkyl halides is 3. The van der Waals surface area contributed by atoms with E-state index in [4.69, 9.17) is 5.73 Å². The van der Waals surface area contributed by atoms with Gasteiger partial charge in [-0.25, -0.2) is 22.2 Å². The van der Waals surface area contributed by atoms with Gasteiger partial charge < -0.3 is 16.2 Å². The van der Waals surface area contributed by atoms with E-state index in [0.717, 1.165) is 5.56 Å². The number of halogens is 4. The lowest BCUT2D eigenvalue weighted by Crippen LogP contribution is -2.18. The smallest absolute Gasteiger partial charge is 0.301 e. The molecule has 0 aliphatic carbocycles. The summed E-state index contributed by atoms with van der Waals surface area (Å²) in [6.07, 6.45) is 0. The van der Waals surface area contributed by atoms with Gasteiger partial charge in [0, 0.05) is 17.7 Å². The first-order valence-corrected chi connectivity index (χ1v) is 13.4. The number of aromatic hydroxyl groups is 1. The normalized spacial score (nSPS) is 12.1. The molecular weight excluding hydrogens is 556 g/mol. The van der Waals surface area contributed by atoms with Crippen LogP contribution in [0, 0.1) is 12.7 Å². The highest BCUT2D eigenvalue weighted by Crippen LogP contribution is 2.40. The fourth-order valence-corrected chi connectivity index (χ4v) is 4.70.